The van der Waals surface area contributed by atoms with E-state index in [-0.39, 0.29) is 5.91 Å². The number of aromatic nitrogens is 2. The summed E-state index contributed by atoms with van der Waals surface area (Å²) in [5.74, 6) is 1.39. The Morgan fingerprint density at radius 2 is 1.62 bits per heavy atom. The first-order valence-electron chi connectivity index (χ1n) is 8.77. The third-order valence-corrected chi connectivity index (χ3v) is 4.11. The van der Waals surface area contributed by atoms with E-state index >= 15 is 0 Å². The molecule has 0 saturated carbocycles. The van der Waals surface area contributed by atoms with Crippen LogP contribution in [-0.4, -0.2) is 29.0 Å². The maximum absolute atomic E-state index is 11.1. The van der Waals surface area contributed by atoms with Crippen molar-refractivity contribution in [1.29, 1.82) is 0 Å². The summed E-state index contributed by atoms with van der Waals surface area (Å²) in [7, 11) is 0. The van der Waals surface area contributed by atoms with E-state index in [1.54, 1.807) is 0 Å². The molecule has 1 amide bonds. The average Bonchev–Trinajstić information content (AvgIpc) is 2.64. The van der Waals surface area contributed by atoms with Gasteiger partial charge in [0.1, 0.15) is 5.82 Å². The Morgan fingerprint density at radius 3 is 2.27 bits per heavy atom. The smallest absolute Gasteiger partial charge is 0.229 e. The maximum atomic E-state index is 11.1. The zero-order chi connectivity index (χ0) is 18.5. The van der Waals surface area contributed by atoms with Crippen molar-refractivity contribution in [2.45, 2.75) is 20.8 Å². The van der Waals surface area contributed by atoms with Gasteiger partial charge in [0, 0.05) is 36.8 Å². The normalized spacial score (nSPS) is 10.6. The summed E-state index contributed by atoms with van der Waals surface area (Å²) >= 11 is 0. The fourth-order valence-electron chi connectivity index (χ4n) is 2.85. The molecule has 1 aromatic heterocycles. The maximum Gasteiger partial charge on any atom is 0.229 e. The fourth-order valence-corrected chi connectivity index (χ4v) is 2.85. The summed E-state index contributed by atoms with van der Waals surface area (Å²) in [4.78, 5) is 22.7. The zero-order valence-electron chi connectivity index (χ0n) is 15.3. The Hall–Kier alpha value is -3.15. The Morgan fingerprint density at radius 1 is 0.962 bits per heavy atom. The van der Waals surface area contributed by atoms with Crippen molar-refractivity contribution in [2.75, 3.05) is 28.6 Å². The van der Waals surface area contributed by atoms with Crippen LogP contribution in [0, 0.1) is 0 Å². The van der Waals surface area contributed by atoms with Gasteiger partial charge in [0.05, 0.1) is 5.52 Å². The summed E-state index contributed by atoms with van der Waals surface area (Å²) in [5, 5.41) is 7.06. The first-order chi connectivity index (χ1) is 12.6. The number of nitrogens with zero attached hydrogens (tertiary/aromatic N) is 3. The molecule has 134 valence electrons. The predicted molar refractivity (Wildman–Crippen MR) is 107 cm³/mol. The topological polar surface area (TPSA) is 70.2 Å². The van der Waals surface area contributed by atoms with Gasteiger partial charge in [0.2, 0.25) is 11.9 Å². The molecule has 3 aromatic rings. The second kappa shape index (κ2) is 7.82. The highest BCUT2D eigenvalue weighted by atomic mass is 16.1. The molecule has 0 unspecified atom stereocenters. The Labute approximate surface area is 153 Å². The molecule has 6 nitrogen and oxygen atoms in total. The minimum atomic E-state index is -0.0903. The van der Waals surface area contributed by atoms with E-state index in [1.807, 2.05) is 42.5 Å². The van der Waals surface area contributed by atoms with Crippen LogP contribution >= 0.6 is 0 Å². The van der Waals surface area contributed by atoms with E-state index in [2.05, 4.69) is 40.4 Å². The van der Waals surface area contributed by atoms with Crippen molar-refractivity contribution in [2.24, 2.45) is 0 Å². The zero-order valence-corrected chi connectivity index (χ0v) is 15.3. The molecule has 0 aliphatic rings. The number of para-hydroxylation sites is 1. The molecule has 26 heavy (non-hydrogen) atoms. The van der Waals surface area contributed by atoms with Gasteiger partial charge in [-0.2, -0.15) is 4.98 Å². The molecule has 0 atom stereocenters. The number of fused-ring (bicyclic) bond motifs is 1. The van der Waals surface area contributed by atoms with Crippen LogP contribution in [0.15, 0.2) is 48.5 Å². The molecule has 0 bridgehead atoms. The molecule has 0 saturated heterocycles. The quantitative estimate of drug-likeness (QED) is 0.699. The number of hydrogen-bond donors (Lipinski definition) is 2. The van der Waals surface area contributed by atoms with Gasteiger partial charge in [0.15, 0.2) is 0 Å². The van der Waals surface area contributed by atoms with Gasteiger partial charge in [-0.3, -0.25) is 4.79 Å². The minimum Gasteiger partial charge on any atom is -0.356 e. The average molecular weight is 349 g/mol. The molecular weight excluding hydrogens is 326 g/mol. The van der Waals surface area contributed by atoms with Crippen molar-refractivity contribution >= 4 is 40.0 Å². The molecule has 6 heteroatoms. The highest BCUT2D eigenvalue weighted by molar-refractivity contribution is 5.91. The monoisotopic (exact) mass is 349 g/mol. The van der Waals surface area contributed by atoms with Crippen molar-refractivity contribution in [3.05, 3.63) is 48.5 Å². The van der Waals surface area contributed by atoms with E-state index in [4.69, 9.17) is 4.98 Å². The molecule has 2 aromatic carbocycles. The Kier molecular flexibility index (Phi) is 5.31. The van der Waals surface area contributed by atoms with E-state index in [0.29, 0.717) is 5.95 Å². The lowest BCUT2D eigenvalue weighted by Gasteiger charge is -2.22. The second-order valence-electron chi connectivity index (χ2n) is 5.94. The molecule has 2 N–H and O–H groups in total. The van der Waals surface area contributed by atoms with Crippen molar-refractivity contribution in [3.63, 3.8) is 0 Å². The summed E-state index contributed by atoms with van der Waals surface area (Å²) < 4.78 is 0. The molecule has 3 rings (SSSR count). The molecule has 0 fully saturated rings. The lowest BCUT2D eigenvalue weighted by atomic mass is 10.2. The lowest BCUT2D eigenvalue weighted by molar-refractivity contribution is -0.114. The number of hydrogen-bond acceptors (Lipinski definition) is 5. The van der Waals surface area contributed by atoms with E-state index in [0.717, 1.165) is 41.2 Å². The van der Waals surface area contributed by atoms with E-state index in [1.165, 1.54) is 6.92 Å². The molecule has 0 spiro atoms. The van der Waals surface area contributed by atoms with Crippen molar-refractivity contribution < 1.29 is 4.79 Å². The van der Waals surface area contributed by atoms with Crippen molar-refractivity contribution in [1.82, 2.24) is 9.97 Å². The highest BCUT2D eigenvalue weighted by Gasteiger charge is 2.12. The van der Waals surface area contributed by atoms with Crippen LogP contribution in [-0.2, 0) is 4.79 Å². The molecule has 0 aliphatic heterocycles. The Bertz CT molecular complexity index is 904. The van der Waals surface area contributed by atoms with Gasteiger partial charge in [-0.15, -0.1) is 0 Å². The van der Waals surface area contributed by atoms with Crippen LogP contribution in [0.1, 0.15) is 20.8 Å². The number of rotatable bonds is 6. The summed E-state index contributed by atoms with van der Waals surface area (Å²) in [6, 6.07) is 15.5. The third kappa shape index (κ3) is 3.91. The minimum absolute atomic E-state index is 0.0903. The number of benzene rings is 2. The van der Waals surface area contributed by atoms with Gasteiger partial charge in [-0.1, -0.05) is 12.1 Å². The van der Waals surface area contributed by atoms with Gasteiger partial charge >= 0.3 is 0 Å². The van der Waals surface area contributed by atoms with Crippen LogP contribution in [0.4, 0.5) is 23.1 Å². The number of nitrogens with one attached hydrogen (secondary N) is 2. The second-order valence-corrected chi connectivity index (χ2v) is 5.94. The first kappa shape index (κ1) is 17.7. The van der Waals surface area contributed by atoms with Crippen LogP contribution < -0.4 is 15.5 Å². The number of anilines is 4. The third-order valence-electron chi connectivity index (χ3n) is 4.11. The number of carbonyl (C=O) groups is 1. The molecule has 1 heterocycles. The van der Waals surface area contributed by atoms with E-state index in [9.17, 15) is 4.79 Å². The predicted octanol–water partition coefficient (Wildman–Crippen LogP) is 4.18. The summed E-state index contributed by atoms with van der Waals surface area (Å²) in [5.41, 5.74) is 2.52. The van der Waals surface area contributed by atoms with E-state index < -0.39 is 0 Å². The van der Waals surface area contributed by atoms with Gasteiger partial charge in [0.25, 0.3) is 0 Å². The standard InChI is InChI=1S/C20H23N5O/c1-4-25(5-2)19-17-8-6-7-9-18(17)23-20(24-19)22-16-12-10-15(11-13-16)21-14(3)26/h6-13H,4-5H2,1-3H3,(H,21,26)(H,22,23,24). The number of carbonyl (C=O) groups excluding carboxylic acids is 1. The van der Waals surface area contributed by atoms with Gasteiger partial charge < -0.3 is 15.5 Å². The Balaban J connectivity index is 1.93. The molecular formula is C20H23N5O. The van der Waals surface area contributed by atoms with Crippen molar-refractivity contribution in [3.8, 4) is 0 Å². The van der Waals surface area contributed by atoms with Crippen LogP contribution in [0.3, 0.4) is 0 Å². The van der Waals surface area contributed by atoms with Crippen LogP contribution in [0.5, 0.6) is 0 Å². The van der Waals surface area contributed by atoms with Crippen LogP contribution in [0.2, 0.25) is 0 Å². The highest BCUT2D eigenvalue weighted by Crippen LogP contribution is 2.26. The fraction of sp³-hybridized carbons (Fsp3) is 0.250. The van der Waals surface area contributed by atoms with Gasteiger partial charge in [-0.25, -0.2) is 4.98 Å². The summed E-state index contributed by atoms with van der Waals surface area (Å²) in [6.07, 6.45) is 0. The molecule has 0 radical (unpaired) electrons. The molecule has 0 aliphatic carbocycles. The van der Waals surface area contributed by atoms with Crippen LogP contribution in [0.25, 0.3) is 10.9 Å². The SMILES string of the molecule is CCN(CC)c1nc(Nc2ccc(NC(C)=O)cc2)nc2ccccc12. The lowest BCUT2D eigenvalue weighted by Crippen LogP contribution is -2.23. The van der Waals surface area contributed by atoms with Gasteiger partial charge in [-0.05, 0) is 50.2 Å². The number of amides is 1. The first-order valence-corrected chi connectivity index (χ1v) is 8.77. The largest absolute Gasteiger partial charge is 0.356 e. The summed E-state index contributed by atoms with van der Waals surface area (Å²) in [6.45, 7) is 7.48.